The minimum absolute atomic E-state index is 0.525. The van der Waals surface area contributed by atoms with E-state index < -0.39 is 0 Å². The van der Waals surface area contributed by atoms with Gasteiger partial charge in [-0.05, 0) is 37.5 Å². The van der Waals surface area contributed by atoms with Crippen LogP contribution in [0.2, 0.25) is 0 Å². The van der Waals surface area contributed by atoms with Crippen molar-refractivity contribution in [2.45, 2.75) is 44.9 Å². The lowest BCUT2D eigenvalue weighted by atomic mass is 10.1. The van der Waals surface area contributed by atoms with Gasteiger partial charge in [0.1, 0.15) is 5.65 Å². The Balaban J connectivity index is 1.15. The van der Waals surface area contributed by atoms with Crippen molar-refractivity contribution in [3.05, 3.63) is 66.8 Å². The number of H-pyrrole nitrogens is 1. The van der Waals surface area contributed by atoms with Crippen LogP contribution in [0, 0.1) is 0 Å². The molecule has 0 fully saturated rings. The lowest BCUT2D eigenvalue weighted by molar-refractivity contribution is 0.487. The molecule has 0 unspecified atom stereocenters. The number of aryl methyl sites for hydroxylation is 3. The minimum Gasteiger partial charge on any atom is -0.421 e. The van der Waals surface area contributed by atoms with E-state index in [1.165, 1.54) is 25.0 Å². The van der Waals surface area contributed by atoms with E-state index in [-0.39, 0.29) is 0 Å². The summed E-state index contributed by atoms with van der Waals surface area (Å²) in [5.74, 6) is 1.21. The number of aromatic amines is 1. The number of nitrogens with one attached hydrogen (secondary N) is 1. The summed E-state index contributed by atoms with van der Waals surface area (Å²) in [6.45, 7) is 0. The number of pyridine rings is 2. The molecule has 8 heteroatoms. The molecule has 5 aromatic rings. The van der Waals surface area contributed by atoms with Crippen molar-refractivity contribution in [1.82, 2.24) is 34.9 Å². The molecular weight excluding hydrogens is 414 g/mol. The van der Waals surface area contributed by atoms with Gasteiger partial charge in [-0.1, -0.05) is 25.3 Å². The van der Waals surface area contributed by atoms with E-state index >= 15 is 0 Å². The van der Waals surface area contributed by atoms with E-state index in [0.29, 0.717) is 11.8 Å². The number of aromatic nitrogens is 7. The van der Waals surface area contributed by atoms with Crippen LogP contribution in [0.4, 0.5) is 0 Å². The molecular formula is C25H27N7O. The predicted molar refractivity (Wildman–Crippen MR) is 126 cm³/mol. The van der Waals surface area contributed by atoms with Crippen LogP contribution in [-0.2, 0) is 19.9 Å². The summed E-state index contributed by atoms with van der Waals surface area (Å²) in [6.07, 6.45) is 17.0. The van der Waals surface area contributed by atoms with Crippen molar-refractivity contribution in [2.24, 2.45) is 7.05 Å². The van der Waals surface area contributed by atoms with E-state index in [0.717, 1.165) is 53.4 Å². The first-order chi connectivity index (χ1) is 16.3. The van der Waals surface area contributed by atoms with Gasteiger partial charge in [0.05, 0.1) is 11.8 Å². The van der Waals surface area contributed by atoms with Gasteiger partial charge in [-0.3, -0.25) is 9.67 Å². The second-order valence-electron chi connectivity index (χ2n) is 8.31. The van der Waals surface area contributed by atoms with E-state index in [2.05, 4.69) is 42.4 Å². The molecule has 5 heterocycles. The van der Waals surface area contributed by atoms with Crippen molar-refractivity contribution in [2.75, 3.05) is 0 Å². The van der Waals surface area contributed by atoms with Crippen LogP contribution in [0.25, 0.3) is 33.6 Å². The largest absolute Gasteiger partial charge is 0.421 e. The van der Waals surface area contributed by atoms with Gasteiger partial charge < -0.3 is 9.40 Å². The second kappa shape index (κ2) is 9.77. The average Bonchev–Trinajstić information content (AvgIpc) is 3.58. The fourth-order valence-electron chi connectivity index (χ4n) is 4.03. The summed E-state index contributed by atoms with van der Waals surface area (Å²) in [5.41, 5.74) is 4.86. The Hall–Kier alpha value is -3.81. The van der Waals surface area contributed by atoms with E-state index in [1.54, 1.807) is 4.68 Å². The highest BCUT2D eigenvalue weighted by molar-refractivity contribution is 5.93. The number of hydrogen-bond donors (Lipinski definition) is 1. The highest BCUT2D eigenvalue weighted by Gasteiger charge is 2.15. The zero-order valence-electron chi connectivity index (χ0n) is 18.7. The molecule has 0 spiro atoms. The highest BCUT2D eigenvalue weighted by Crippen LogP contribution is 2.30. The molecule has 0 aromatic carbocycles. The minimum atomic E-state index is 0.525. The van der Waals surface area contributed by atoms with E-state index in [1.807, 2.05) is 50.2 Å². The summed E-state index contributed by atoms with van der Waals surface area (Å²) in [5, 5.41) is 13.8. The smallest absolute Gasteiger partial charge is 0.249 e. The van der Waals surface area contributed by atoms with Gasteiger partial charge >= 0.3 is 0 Å². The lowest BCUT2D eigenvalue weighted by Gasteiger charge is -2.01. The van der Waals surface area contributed by atoms with Gasteiger partial charge in [-0.2, -0.15) is 5.10 Å². The zero-order chi connectivity index (χ0) is 22.5. The lowest BCUT2D eigenvalue weighted by Crippen LogP contribution is -1.90. The highest BCUT2D eigenvalue weighted by atomic mass is 16.4. The molecule has 5 aromatic heterocycles. The number of unbranched alkanes of at least 4 members (excludes halogenated alkanes) is 4. The molecule has 0 aliphatic heterocycles. The van der Waals surface area contributed by atoms with Gasteiger partial charge in [-0.15, -0.1) is 10.2 Å². The summed E-state index contributed by atoms with van der Waals surface area (Å²) < 4.78 is 7.76. The molecule has 8 nitrogen and oxygen atoms in total. The Bertz CT molecular complexity index is 1320. The third kappa shape index (κ3) is 5.00. The second-order valence-corrected chi connectivity index (χ2v) is 8.31. The molecule has 0 aliphatic rings. The molecule has 168 valence electrons. The Morgan fingerprint density at radius 1 is 0.939 bits per heavy atom. The maximum Gasteiger partial charge on any atom is 0.249 e. The maximum absolute atomic E-state index is 5.98. The van der Waals surface area contributed by atoms with Crippen molar-refractivity contribution in [3.8, 4) is 22.6 Å². The molecule has 0 aliphatic carbocycles. The van der Waals surface area contributed by atoms with Crippen LogP contribution in [0.3, 0.4) is 0 Å². The van der Waals surface area contributed by atoms with Crippen LogP contribution in [0.5, 0.6) is 0 Å². The van der Waals surface area contributed by atoms with Gasteiger partial charge in [0.25, 0.3) is 0 Å². The standard InChI is InChI=1S/C25H27N7O/c1-32-17-19(15-29-32)18-13-21-22(16-28-24(21)27-14-18)25-31-30-23(33-25)11-6-4-2-3-5-9-20-10-7-8-12-26-20/h7-8,10,12-17H,2-6,9,11H2,1H3,(H,27,28). The monoisotopic (exact) mass is 441 g/mol. The zero-order valence-corrected chi connectivity index (χ0v) is 18.7. The normalized spacial score (nSPS) is 11.4. The predicted octanol–water partition coefficient (Wildman–Crippen LogP) is 5.14. The third-order valence-electron chi connectivity index (χ3n) is 5.82. The molecule has 33 heavy (non-hydrogen) atoms. The third-order valence-corrected chi connectivity index (χ3v) is 5.82. The molecule has 0 radical (unpaired) electrons. The maximum atomic E-state index is 5.98. The van der Waals surface area contributed by atoms with Crippen LogP contribution in [0.1, 0.15) is 43.7 Å². The molecule has 0 atom stereocenters. The van der Waals surface area contributed by atoms with Crippen LogP contribution in [0.15, 0.2) is 59.7 Å². The first-order valence-electron chi connectivity index (χ1n) is 11.4. The Labute approximate surface area is 192 Å². The Morgan fingerprint density at radius 3 is 2.64 bits per heavy atom. The molecule has 0 bridgehead atoms. The summed E-state index contributed by atoms with van der Waals surface area (Å²) in [6, 6.07) is 8.19. The number of fused-ring (bicyclic) bond motifs is 1. The molecule has 1 N–H and O–H groups in total. The quantitative estimate of drug-likeness (QED) is 0.301. The number of rotatable bonds is 10. The fourth-order valence-corrected chi connectivity index (χ4v) is 4.03. The Kier molecular flexibility index (Phi) is 6.23. The van der Waals surface area contributed by atoms with Crippen molar-refractivity contribution < 1.29 is 4.42 Å². The summed E-state index contributed by atoms with van der Waals surface area (Å²) in [4.78, 5) is 12.1. The molecule has 0 saturated heterocycles. The first-order valence-corrected chi connectivity index (χ1v) is 11.4. The number of hydrogen-bond acceptors (Lipinski definition) is 6. The van der Waals surface area contributed by atoms with Crippen LogP contribution in [-0.4, -0.2) is 34.9 Å². The van der Waals surface area contributed by atoms with Gasteiger partial charge in [0.2, 0.25) is 11.8 Å². The SMILES string of the molecule is Cn1cc(-c2cnc3[nH]cc(-c4nnc(CCCCCCCc5ccccn5)o4)c3c2)cn1. The van der Waals surface area contributed by atoms with E-state index in [4.69, 9.17) is 4.42 Å². The molecule has 5 rings (SSSR count). The topological polar surface area (TPSA) is 98.3 Å². The van der Waals surface area contributed by atoms with E-state index in [9.17, 15) is 0 Å². The van der Waals surface area contributed by atoms with Crippen molar-refractivity contribution in [1.29, 1.82) is 0 Å². The average molecular weight is 442 g/mol. The van der Waals surface area contributed by atoms with Gasteiger partial charge in [-0.25, -0.2) is 4.98 Å². The van der Waals surface area contributed by atoms with Crippen molar-refractivity contribution >= 4 is 11.0 Å². The Morgan fingerprint density at radius 2 is 1.82 bits per heavy atom. The van der Waals surface area contributed by atoms with Crippen LogP contribution >= 0.6 is 0 Å². The van der Waals surface area contributed by atoms with Gasteiger partial charge in [0.15, 0.2) is 0 Å². The number of nitrogens with zero attached hydrogens (tertiary/aromatic N) is 6. The van der Waals surface area contributed by atoms with Crippen LogP contribution < -0.4 is 0 Å². The van der Waals surface area contributed by atoms with Crippen molar-refractivity contribution in [3.63, 3.8) is 0 Å². The first kappa shape index (κ1) is 21.1. The summed E-state index contributed by atoms with van der Waals surface area (Å²) in [7, 11) is 1.90. The molecule has 0 saturated carbocycles. The summed E-state index contributed by atoms with van der Waals surface area (Å²) >= 11 is 0. The van der Waals surface area contributed by atoms with Gasteiger partial charge in [0, 0.05) is 60.5 Å². The molecule has 0 amide bonds. The fraction of sp³-hybridized carbons (Fsp3) is 0.320.